The second-order valence-electron chi connectivity index (χ2n) is 9.29. The topological polar surface area (TPSA) is 85.9 Å². The Balaban J connectivity index is 1.38. The Kier molecular flexibility index (Phi) is 10.5. The number of carbonyl (C=O) groups is 2. The van der Waals surface area contributed by atoms with Gasteiger partial charge < -0.3 is 24.8 Å². The van der Waals surface area contributed by atoms with E-state index in [0.29, 0.717) is 49.0 Å². The van der Waals surface area contributed by atoms with Crippen LogP contribution >= 0.6 is 0 Å². The van der Waals surface area contributed by atoms with Crippen LogP contribution in [0, 0.1) is 6.92 Å². The molecule has 0 aliphatic rings. The van der Waals surface area contributed by atoms with Crippen LogP contribution in [-0.2, 0) is 11.2 Å². The molecule has 0 heterocycles. The van der Waals surface area contributed by atoms with Crippen molar-refractivity contribution >= 4 is 17.9 Å². The van der Waals surface area contributed by atoms with E-state index in [-0.39, 0.29) is 17.5 Å². The van der Waals surface area contributed by atoms with E-state index in [1.54, 1.807) is 25.3 Å². The average molecular weight is 551 g/mol. The van der Waals surface area contributed by atoms with Crippen LogP contribution < -0.4 is 24.8 Å². The molecule has 0 unspecified atom stereocenters. The van der Waals surface area contributed by atoms with Gasteiger partial charge in [0, 0.05) is 12.1 Å². The van der Waals surface area contributed by atoms with Gasteiger partial charge in [0.05, 0.1) is 7.11 Å². The number of benzene rings is 4. The minimum atomic E-state index is -0.366. The molecular weight excluding hydrogens is 516 g/mol. The van der Waals surface area contributed by atoms with Gasteiger partial charge in [0.25, 0.3) is 11.8 Å². The van der Waals surface area contributed by atoms with Crippen molar-refractivity contribution < 1.29 is 23.8 Å². The van der Waals surface area contributed by atoms with Crippen molar-refractivity contribution in [2.24, 2.45) is 0 Å². The van der Waals surface area contributed by atoms with Crippen molar-refractivity contribution in [1.29, 1.82) is 0 Å². The largest absolute Gasteiger partial charge is 0.493 e. The number of carbonyl (C=O) groups excluding carboxylic acids is 2. The fourth-order valence-electron chi connectivity index (χ4n) is 3.99. The molecule has 4 aromatic carbocycles. The van der Waals surface area contributed by atoms with Gasteiger partial charge >= 0.3 is 0 Å². The molecule has 2 N–H and O–H groups in total. The van der Waals surface area contributed by atoms with Gasteiger partial charge in [-0.2, -0.15) is 0 Å². The Morgan fingerprint density at radius 3 is 2.12 bits per heavy atom. The summed E-state index contributed by atoms with van der Waals surface area (Å²) in [6.07, 6.45) is 2.33. The summed E-state index contributed by atoms with van der Waals surface area (Å²) in [5.74, 6) is 1.25. The molecule has 2 amide bonds. The molecule has 0 aliphatic heterocycles. The Hall–Kier alpha value is -5.04. The van der Waals surface area contributed by atoms with Crippen molar-refractivity contribution in [2.45, 2.75) is 13.3 Å². The first kappa shape index (κ1) is 29.0. The van der Waals surface area contributed by atoms with Crippen molar-refractivity contribution in [2.75, 3.05) is 26.9 Å². The maximum atomic E-state index is 13.1. The zero-order valence-electron chi connectivity index (χ0n) is 23.3. The predicted octanol–water partition coefficient (Wildman–Crippen LogP) is 5.59. The summed E-state index contributed by atoms with van der Waals surface area (Å²) in [5.41, 5.74) is 3.52. The summed E-state index contributed by atoms with van der Waals surface area (Å²) < 4.78 is 16.8. The molecule has 0 aromatic heterocycles. The van der Waals surface area contributed by atoms with E-state index in [4.69, 9.17) is 14.2 Å². The highest BCUT2D eigenvalue weighted by atomic mass is 16.5. The normalized spacial score (nSPS) is 10.9. The number of nitrogens with one attached hydrogen (secondary N) is 2. The molecule has 4 rings (SSSR count). The third kappa shape index (κ3) is 9.00. The molecule has 7 nitrogen and oxygen atoms in total. The third-order valence-corrected chi connectivity index (χ3v) is 6.22. The van der Waals surface area contributed by atoms with E-state index in [9.17, 15) is 9.59 Å². The van der Waals surface area contributed by atoms with Crippen molar-refractivity contribution in [3.63, 3.8) is 0 Å². The number of para-hydroxylation sites is 2. The SMILES string of the molecule is COc1ccccc1OCCOc1ccc(C=C(NC(=O)c2ccc(C)cc2)C(=O)NCCc2ccccc2)cc1. The highest BCUT2D eigenvalue weighted by Crippen LogP contribution is 2.25. The lowest BCUT2D eigenvalue weighted by Gasteiger charge is -2.12. The second kappa shape index (κ2) is 14.9. The first-order chi connectivity index (χ1) is 20.0. The van der Waals surface area contributed by atoms with E-state index in [1.807, 2.05) is 97.9 Å². The van der Waals surface area contributed by atoms with Crippen LogP contribution in [0.4, 0.5) is 0 Å². The lowest BCUT2D eigenvalue weighted by atomic mass is 10.1. The lowest BCUT2D eigenvalue weighted by Crippen LogP contribution is -2.35. The van der Waals surface area contributed by atoms with E-state index >= 15 is 0 Å². The number of rotatable bonds is 13. The summed E-state index contributed by atoms with van der Waals surface area (Å²) >= 11 is 0. The summed E-state index contributed by atoms with van der Waals surface area (Å²) in [4.78, 5) is 26.0. The van der Waals surface area contributed by atoms with Crippen LogP contribution in [0.5, 0.6) is 17.2 Å². The summed E-state index contributed by atoms with van der Waals surface area (Å²) in [6, 6.07) is 31.8. The summed E-state index contributed by atoms with van der Waals surface area (Å²) in [5, 5.41) is 5.70. The monoisotopic (exact) mass is 550 g/mol. The van der Waals surface area contributed by atoms with Crippen molar-refractivity contribution in [3.8, 4) is 17.2 Å². The molecule has 0 fully saturated rings. The number of hydrogen-bond donors (Lipinski definition) is 2. The average Bonchev–Trinajstić information content (AvgIpc) is 3.00. The molecule has 7 heteroatoms. The molecule has 0 bridgehead atoms. The number of methoxy groups -OCH3 is 1. The van der Waals surface area contributed by atoms with Gasteiger partial charge in [0.15, 0.2) is 11.5 Å². The second-order valence-corrected chi connectivity index (χ2v) is 9.29. The molecule has 0 spiro atoms. The number of hydrogen-bond acceptors (Lipinski definition) is 5. The number of aryl methyl sites for hydroxylation is 1. The van der Waals surface area contributed by atoms with Crippen LogP contribution in [0.3, 0.4) is 0 Å². The van der Waals surface area contributed by atoms with Crippen molar-refractivity contribution in [1.82, 2.24) is 10.6 Å². The van der Waals surface area contributed by atoms with Gasteiger partial charge in [-0.05, 0) is 66.9 Å². The molecule has 4 aromatic rings. The number of amides is 2. The van der Waals surface area contributed by atoms with Gasteiger partial charge in [-0.25, -0.2) is 0 Å². The van der Waals surface area contributed by atoms with E-state index in [1.165, 1.54) is 0 Å². The third-order valence-electron chi connectivity index (χ3n) is 6.22. The van der Waals surface area contributed by atoms with Crippen LogP contribution in [0.1, 0.15) is 27.0 Å². The maximum absolute atomic E-state index is 13.1. The minimum absolute atomic E-state index is 0.155. The van der Waals surface area contributed by atoms with E-state index < -0.39 is 0 Å². The quantitative estimate of drug-likeness (QED) is 0.167. The molecule has 0 saturated carbocycles. The molecule has 0 saturated heterocycles. The van der Waals surface area contributed by atoms with Gasteiger partial charge in [0.1, 0.15) is 24.7 Å². The van der Waals surface area contributed by atoms with Gasteiger partial charge in [-0.3, -0.25) is 9.59 Å². The molecule has 210 valence electrons. The zero-order chi connectivity index (χ0) is 28.9. The molecule has 0 atom stereocenters. The Labute approximate surface area is 240 Å². The highest BCUT2D eigenvalue weighted by Gasteiger charge is 2.15. The summed E-state index contributed by atoms with van der Waals surface area (Å²) in [7, 11) is 1.60. The van der Waals surface area contributed by atoms with Gasteiger partial charge in [0.2, 0.25) is 0 Å². The fourth-order valence-corrected chi connectivity index (χ4v) is 3.99. The smallest absolute Gasteiger partial charge is 0.267 e. The lowest BCUT2D eigenvalue weighted by molar-refractivity contribution is -0.117. The molecule has 41 heavy (non-hydrogen) atoms. The highest BCUT2D eigenvalue weighted by molar-refractivity contribution is 6.05. The Morgan fingerprint density at radius 2 is 1.41 bits per heavy atom. The predicted molar refractivity (Wildman–Crippen MR) is 160 cm³/mol. The number of ether oxygens (including phenoxy) is 3. The van der Waals surface area contributed by atoms with Crippen LogP contribution in [0.2, 0.25) is 0 Å². The van der Waals surface area contributed by atoms with Crippen LogP contribution in [0.15, 0.2) is 109 Å². The Morgan fingerprint density at radius 1 is 0.756 bits per heavy atom. The maximum Gasteiger partial charge on any atom is 0.267 e. The van der Waals surface area contributed by atoms with Gasteiger partial charge in [-0.1, -0.05) is 72.3 Å². The first-order valence-electron chi connectivity index (χ1n) is 13.4. The molecule has 0 radical (unpaired) electrons. The zero-order valence-corrected chi connectivity index (χ0v) is 23.3. The van der Waals surface area contributed by atoms with E-state index in [2.05, 4.69) is 10.6 Å². The first-order valence-corrected chi connectivity index (χ1v) is 13.4. The summed E-state index contributed by atoms with van der Waals surface area (Å²) in [6.45, 7) is 3.08. The van der Waals surface area contributed by atoms with Crippen LogP contribution in [-0.4, -0.2) is 38.7 Å². The van der Waals surface area contributed by atoms with Crippen LogP contribution in [0.25, 0.3) is 6.08 Å². The van der Waals surface area contributed by atoms with E-state index in [0.717, 1.165) is 16.7 Å². The minimum Gasteiger partial charge on any atom is -0.493 e. The molecule has 0 aliphatic carbocycles. The van der Waals surface area contributed by atoms with Crippen molar-refractivity contribution in [3.05, 3.63) is 131 Å². The Bertz CT molecular complexity index is 1450. The fraction of sp³-hybridized carbons (Fsp3) is 0.176. The van der Waals surface area contributed by atoms with Gasteiger partial charge in [-0.15, -0.1) is 0 Å². The standard InChI is InChI=1S/C34H34N2O5/c1-25-12-16-28(17-13-25)33(37)36-30(34(38)35-21-20-26-8-4-3-5-9-26)24-27-14-18-29(19-15-27)40-22-23-41-32-11-7-6-10-31(32)39-2/h3-19,24H,20-23H2,1-2H3,(H,35,38)(H,36,37). The molecular formula is C34H34N2O5.